The van der Waals surface area contributed by atoms with Gasteiger partial charge in [0.15, 0.2) is 0 Å². The molecule has 19 heavy (non-hydrogen) atoms. The average Bonchev–Trinajstić information content (AvgIpc) is 2.45. The van der Waals surface area contributed by atoms with E-state index in [4.69, 9.17) is 0 Å². The Balaban J connectivity index is 1.63. The lowest BCUT2D eigenvalue weighted by Gasteiger charge is -2.26. The van der Waals surface area contributed by atoms with Crippen molar-refractivity contribution in [1.82, 2.24) is 10.2 Å². The number of benzene rings is 1. The average molecular weight is 262 g/mol. The summed E-state index contributed by atoms with van der Waals surface area (Å²) in [4.78, 5) is 2.58. The molecule has 1 atom stereocenters. The largest absolute Gasteiger partial charge is 0.508 e. The van der Waals surface area contributed by atoms with Crippen LogP contribution in [0.25, 0.3) is 0 Å². The van der Waals surface area contributed by atoms with Gasteiger partial charge in [-0.25, -0.2) is 0 Å². The van der Waals surface area contributed by atoms with Gasteiger partial charge >= 0.3 is 0 Å². The maximum atomic E-state index is 9.27. The van der Waals surface area contributed by atoms with E-state index in [0.29, 0.717) is 11.8 Å². The van der Waals surface area contributed by atoms with E-state index in [9.17, 15) is 5.11 Å². The molecule has 1 aliphatic rings. The number of hydrogen-bond acceptors (Lipinski definition) is 3. The van der Waals surface area contributed by atoms with Crippen molar-refractivity contribution in [2.45, 2.75) is 38.6 Å². The van der Waals surface area contributed by atoms with E-state index in [1.54, 1.807) is 12.1 Å². The fraction of sp³-hybridized carbons (Fsp3) is 0.625. The summed E-state index contributed by atoms with van der Waals surface area (Å²) < 4.78 is 0. The number of phenolic OH excluding ortho intramolecular Hbond substituents is 1. The Bertz CT molecular complexity index is 358. The van der Waals surface area contributed by atoms with Crippen LogP contribution in [0, 0.1) is 0 Å². The molecule has 0 spiro atoms. The van der Waals surface area contributed by atoms with Gasteiger partial charge in [-0.05, 0) is 70.1 Å². The summed E-state index contributed by atoms with van der Waals surface area (Å²) in [6.07, 6.45) is 5.36. The second-order valence-corrected chi connectivity index (χ2v) is 5.52. The zero-order valence-electron chi connectivity index (χ0n) is 11.9. The first-order valence-corrected chi connectivity index (χ1v) is 7.50. The van der Waals surface area contributed by atoms with E-state index in [0.717, 1.165) is 6.54 Å². The standard InChI is InChI=1S/C16H26N2O/c1-14(15-6-8-16(19)9-7-15)17-10-5-13-18-11-3-2-4-12-18/h6-9,14,17,19H,2-5,10-13H2,1H3. The number of piperidine rings is 1. The van der Waals surface area contributed by atoms with Gasteiger partial charge in [-0.1, -0.05) is 18.6 Å². The van der Waals surface area contributed by atoms with Crippen LogP contribution >= 0.6 is 0 Å². The van der Waals surface area contributed by atoms with Gasteiger partial charge in [-0.2, -0.15) is 0 Å². The molecule has 0 radical (unpaired) electrons. The van der Waals surface area contributed by atoms with Crippen LogP contribution in [0.15, 0.2) is 24.3 Å². The van der Waals surface area contributed by atoms with Crippen LogP contribution in [-0.2, 0) is 0 Å². The molecule has 106 valence electrons. The van der Waals surface area contributed by atoms with Gasteiger partial charge in [-0.15, -0.1) is 0 Å². The summed E-state index contributed by atoms with van der Waals surface area (Å²) in [5.41, 5.74) is 1.23. The van der Waals surface area contributed by atoms with Crippen LogP contribution in [-0.4, -0.2) is 36.2 Å². The number of rotatable bonds is 6. The zero-order valence-corrected chi connectivity index (χ0v) is 11.9. The van der Waals surface area contributed by atoms with Crippen molar-refractivity contribution < 1.29 is 5.11 Å². The first kappa shape index (κ1) is 14.4. The lowest BCUT2D eigenvalue weighted by molar-refractivity contribution is 0.225. The Hall–Kier alpha value is -1.06. The fourth-order valence-corrected chi connectivity index (χ4v) is 2.69. The van der Waals surface area contributed by atoms with Crippen molar-refractivity contribution in [2.75, 3.05) is 26.2 Å². The van der Waals surface area contributed by atoms with Crippen LogP contribution < -0.4 is 5.32 Å². The zero-order chi connectivity index (χ0) is 13.5. The van der Waals surface area contributed by atoms with E-state index in [1.807, 2.05) is 12.1 Å². The molecule has 1 fully saturated rings. The third-order valence-corrected chi connectivity index (χ3v) is 3.94. The molecule has 1 aromatic rings. The van der Waals surface area contributed by atoms with E-state index >= 15 is 0 Å². The minimum atomic E-state index is 0.334. The minimum absolute atomic E-state index is 0.334. The summed E-state index contributed by atoms with van der Waals surface area (Å²) in [5, 5.41) is 12.8. The maximum Gasteiger partial charge on any atom is 0.115 e. The molecule has 0 amide bonds. The summed E-state index contributed by atoms with van der Waals surface area (Å²) in [5.74, 6) is 0.334. The third-order valence-electron chi connectivity index (χ3n) is 3.94. The number of likely N-dealkylation sites (tertiary alicyclic amines) is 1. The van der Waals surface area contributed by atoms with Crippen LogP contribution in [0.1, 0.15) is 44.2 Å². The molecule has 2 rings (SSSR count). The van der Waals surface area contributed by atoms with Crippen LogP contribution in [0.3, 0.4) is 0 Å². The lowest BCUT2D eigenvalue weighted by Crippen LogP contribution is -2.32. The molecule has 0 aliphatic carbocycles. The summed E-state index contributed by atoms with van der Waals surface area (Å²) in [6.45, 7) is 7.02. The van der Waals surface area contributed by atoms with Gasteiger partial charge in [0.1, 0.15) is 5.75 Å². The van der Waals surface area contributed by atoms with E-state index < -0.39 is 0 Å². The Labute approximate surface area is 116 Å². The minimum Gasteiger partial charge on any atom is -0.508 e. The number of phenols is 1. The monoisotopic (exact) mass is 262 g/mol. The van der Waals surface area contributed by atoms with Crippen molar-refractivity contribution in [1.29, 1.82) is 0 Å². The highest BCUT2D eigenvalue weighted by Gasteiger charge is 2.09. The Morgan fingerprint density at radius 1 is 1.16 bits per heavy atom. The molecule has 3 heteroatoms. The number of nitrogens with zero attached hydrogens (tertiary/aromatic N) is 1. The fourth-order valence-electron chi connectivity index (χ4n) is 2.69. The molecule has 2 N–H and O–H groups in total. The second kappa shape index (κ2) is 7.51. The molecule has 0 saturated carbocycles. The van der Waals surface area contributed by atoms with Gasteiger partial charge < -0.3 is 15.3 Å². The molecule has 1 unspecified atom stereocenters. The lowest BCUT2D eigenvalue weighted by atomic mass is 10.1. The Kier molecular flexibility index (Phi) is 5.67. The normalized spacial score (nSPS) is 18.4. The van der Waals surface area contributed by atoms with Crippen molar-refractivity contribution >= 4 is 0 Å². The first-order chi connectivity index (χ1) is 9.25. The first-order valence-electron chi connectivity index (χ1n) is 7.50. The predicted octanol–water partition coefficient (Wildman–Crippen LogP) is 2.92. The number of aromatic hydroxyl groups is 1. The molecular formula is C16H26N2O. The smallest absolute Gasteiger partial charge is 0.115 e. The van der Waals surface area contributed by atoms with Crippen LogP contribution in [0.2, 0.25) is 0 Å². The van der Waals surface area contributed by atoms with Crippen molar-refractivity contribution in [3.63, 3.8) is 0 Å². The van der Waals surface area contributed by atoms with Crippen LogP contribution in [0.4, 0.5) is 0 Å². The van der Waals surface area contributed by atoms with Crippen molar-refractivity contribution in [2.24, 2.45) is 0 Å². The SMILES string of the molecule is CC(NCCCN1CCCCC1)c1ccc(O)cc1. The van der Waals surface area contributed by atoms with E-state index in [1.165, 1.54) is 50.9 Å². The third kappa shape index (κ3) is 4.84. The molecule has 0 bridgehead atoms. The van der Waals surface area contributed by atoms with Crippen LogP contribution in [0.5, 0.6) is 5.75 Å². The van der Waals surface area contributed by atoms with E-state index in [-0.39, 0.29) is 0 Å². The number of hydrogen-bond donors (Lipinski definition) is 2. The van der Waals surface area contributed by atoms with Gasteiger partial charge in [0.25, 0.3) is 0 Å². The molecule has 1 saturated heterocycles. The van der Waals surface area contributed by atoms with Gasteiger partial charge in [0, 0.05) is 6.04 Å². The maximum absolute atomic E-state index is 9.27. The van der Waals surface area contributed by atoms with E-state index in [2.05, 4.69) is 17.1 Å². The summed E-state index contributed by atoms with van der Waals surface area (Å²) >= 11 is 0. The number of nitrogens with one attached hydrogen (secondary N) is 1. The summed E-state index contributed by atoms with van der Waals surface area (Å²) in [6, 6.07) is 7.82. The molecule has 1 aromatic carbocycles. The Morgan fingerprint density at radius 2 is 1.84 bits per heavy atom. The Morgan fingerprint density at radius 3 is 2.53 bits per heavy atom. The van der Waals surface area contributed by atoms with Crippen molar-refractivity contribution in [3.8, 4) is 5.75 Å². The highest BCUT2D eigenvalue weighted by molar-refractivity contribution is 5.27. The second-order valence-electron chi connectivity index (χ2n) is 5.52. The van der Waals surface area contributed by atoms with Gasteiger partial charge in [0.2, 0.25) is 0 Å². The van der Waals surface area contributed by atoms with Gasteiger partial charge in [0.05, 0.1) is 0 Å². The molecule has 1 heterocycles. The summed E-state index contributed by atoms with van der Waals surface area (Å²) in [7, 11) is 0. The van der Waals surface area contributed by atoms with Gasteiger partial charge in [-0.3, -0.25) is 0 Å². The topological polar surface area (TPSA) is 35.5 Å². The highest BCUT2D eigenvalue weighted by Crippen LogP contribution is 2.16. The highest BCUT2D eigenvalue weighted by atomic mass is 16.3. The molecular weight excluding hydrogens is 236 g/mol. The van der Waals surface area contributed by atoms with Crippen molar-refractivity contribution in [3.05, 3.63) is 29.8 Å². The molecule has 0 aromatic heterocycles. The molecule has 3 nitrogen and oxygen atoms in total. The quantitative estimate of drug-likeness (QED) is 0.774. The molecule has 1 aliphatic heterocycles. The predicted molar refractivity (Wildman–Crippen MR) is 79.4 cm³/mol.